The van der Waals surface area contributed by atoms with Crippen LogP contribution in [0.2, 0.25) is 0 Å². The molecule has 1 rings (SSSR count). The van der Waals surface area contributed by atoms with E-state index >= 15 is 0 Å². The van der Waals surface area contributed by atoms with Crippen molar-refractivity contribution in [1.82, 2.24) is 4.90 Å². The summed E-state index contributed by atoms with van der Waals surface area (Å²) in [5.74, 6) is 0.317. The van der Waals surface area contributed by atoms with Crippen molar-refractivity contribution >= 4 is 11.9 Å². The highest BCUT2D eigenvalue weighted by molar-refractivity contribution is 5.77. The number of nitrogens with zero attached hydrogens (tertiary/aromatic N) is 1. The molecule has 0 aromatic carbocycles. The van der Waals surface area contributed by atoms with Crippen LogP contribution in [0.1, 0.15) is 229 Å². The van der Waals surface area contributed by atoms with Gasteiger partial charge in [0.05, 0.1) is 17.6 Å². The van der Waals surface area contributed by atoms with E-state index in [9.17, 15) is 14.7 Å². The Balaban J connectivity index is 0.0000128. The average molecular weight is 738 g/mol. The number of rotatable bonds is 31. The number of likely N-dealkylation sites (tertiary alicyclic amines) is 1. The van der Waals surface area contributed by atoms with Gasteiger partial charge in [-0.15, -0.1) is 0 Å². The molecule has 0 amide bonds. The number of ether oxygens (including phenoxy) is 2. The van der Waals surface area contributed by atoms with Crippen LogP contribution in [0.3, 0.4) is 0 Å². The van der Waals surface area contributed by atoms with E-state index in [1.165, 1.54) is 77.0 Å². The predicted octanol–water partition coefficient (Wildman–Crippen LogP) is 13.0. The van der Waals surface area contributed by atoms with Crippen molar-refractivity contribution in [3.8, 4) is 0 Å². The third-order valence-corrected chi connectivity index (χ3v) is 12.5. The van der Waals surface area contributed by atoms with Gasteiger partial charge in [-0.1, -0.05) is 151 Å². The Kier molecular flexibility index (Phi) is 29.5. The van der Waals surface area contributed by atoms with Gasteiger partial charge in [-0.25, -0.2) is 0 Å². The first-order chi connectivity index (χ1) is 24.8. The number of unbranched alkanes of at least 4 members (excludes halogenated alkanes) is 15. The van der Waals surface area contributed by atoms with Crippen molar-refractivity contribution in [3.05, 3.63) is 0 Å². The fourth-order valence-electron chi connectivity index (χ4n) is 7.70. The lowest BCUT2D eigenvalue weighted by molar-refractivity contribution is -0.192. The molecule has 2 atom stereocenters. The molecular weight excluding hydrogens is 647 g/mol. The van der Waals surface area contributed by atoms with Crippen LogP contribution in [0.15, 0.2) is 0 Å². The lowest BCUT2D eigenvalue weighted by Crippen LogP contribution is -2.59. The third-order valence-electron chi connectivity index (χ3n) is 12.5. The number of piperidine rings is 1. The fraction of sp³-hybridized carbons (Fsp3) is 0.957. The Morgan fingerprint density at radius 1 is 0.654 bits per heavy atom. The molecule has 2 unspecified atom stereocenters. The molecule has 1 aliphatic rings. The van der Waals surface area contributed by atoms with E-state index in [0.29, 0.717) is 31.8 Å². The second kappa shape index (κ2) is 30.1. The molecule has 1 saturated heterocycles. The van der Waals surface area contributed by atoms with Crippen molar-refractivity contribution < 1.29 is 24.2 Å². The largest absolute Gasteiger partial charge is 0.466 e. The quantitative estimate of drug-likeness (QED) is 0.0564. The van der Waals surface area contributed by atoms with Gasteiger partial charge in [-0.05, 0) is 84.6 Å². The Labute approximate surface area is 324 Å². The number of hydrogen-bond acceptors (Lipinski definition) is 6. The second-order valence-electron chi connectivity index (χ2n) is 17.2. The van der Waals surface area contributed by atoms with Gasteiger partial charge < -0.3 is 19.5 Å². The molecule has 0 aromatic heterocycles. The molecule has 0 radical (unpaired) electrons. The lowest BCUT2D eigenvalue weighted by Gasteiger charge is -2.53. The highest BCUT2D eigenvalue weighted by atomic mass is 16.5. The maximum Gasteiger partial charge on any atom is 0.312 e. The molecule has 310 valence electrons. The van der Waals surface area contributed by atoms with Gasteiger partial charge in [0.2, 0.25) is 0 Å². The number of hydrogen-bond donors (Lipinski definition) is 1. The summed E-state index contributed by atoms with van der Waals surface area (Å²) in [6.45, 7) is 21.0. The molecule has 1 N–H and O–H groups in total. The Hall–Kier alpha value is -1.14. The normalized spacial score (nSPS) is 16.1. The highest BCUT2D eigenvalue weighted by Gasteiger charge is 2.57. The van der Waals surface area contributed by atoms with Gasteiger partial charge in [0.1, 0.15) is 6.10 Å². The van der Waals surface area contributed by atoms with Crippen molar-refractivity contribution in [2.45, 2.75) is 241 Å². The minimum Gasteiger partial charge on any atom is -0.466 e. The van der Waals surface area contributed by atoms with Crippen molar-refractivity contribution in [3.63, 3.8) is 0 Å². The van der Waals surface area contributed by atoms with Crippen molar-refractivity contribution in [2.75, 3.05) is 26.7 Å². The van der Waals surface area contributed by atoms with E-state index < -0.39 is 16.4 Å². The molecule has 1 heterocycles. The average Bonchev–Trinajstić information content (AvgIpc) is 3.12. The zero-order valence-electron chi connectivity index (χ0n) is 36.7. The predicted molar refractivity (Wildman–Crippen MR) is 223 cm³/mol. The van der Waals surface area contributed by atoms with Crippen molar-refractivity contribution in [2.24, 2.45) is 16.7 Å². The molecule has 1 aliphatic heterocycles. The van der Waals surface area contributed by atoms with E-state index in [0.717, 1.165) is 83.7 Å². The highest BCUT2D eigenvalue weighted by Crippen LogP contribution is 2.51. The lowest BCUT2D eigenvalue weighted by atomic mass is 9.56. The minimum atomic E-state index is -0.890. The molecule has 0 spiro atoms. The Morgan fingerprint density at radius 3 is 1.60 bits per heavy atom. The van der Waals surface area contributed by atoms with E-state index in [2.05, 4.69) is 46.6 Å². The van der Waals surface area contributed by atoms with Crippen LogP contribution in [0, 0.1) is 16.7 Å². The maximum atomic E-state index is 13.9. The summed E-state index contributed by atoms with van der Waals surface area (Å²) in [5.41, 5.74) is -2.30. The Morgan fingerprint density at radius 2 is 1.08 bits per heavy atom. The fourth-order valence-corrected chi connectivity index (χ4v) is 7.70. The van der Waals surface area contributed by atoms with Crippen LogP contribution in [0.25, 0.3) is 0 Å². The molecule has 0 aromatic rings. The monoisotopic (exact) mass is 738 g/mol. The number of esters is 2. The third kappa shape index (κ3) is 20.5. The van der Waals surface area contributed by atoms with E-state index in [1.807, 2.05) is 27.7 Å². The van der Waals surface area contributed by atoms with E-state index in [4.69, 9.17) is 9.47 Å². The Bertz CT molecular complexity index is 863. The molecule has 1 fully saturated rings. The standard InChI is InChI=1S/C44H85NO5.C2H6/c1-9-12-15-17-18-21-25-30-39(50-41(47)42(4,5)43(6,7)44(48)32-34-45(8)35-33-44)31-26-22-19-20-23-27-36-49-40(46)37-38(28-14-11-3)29-24-16-13-10-2;1-2/h38-39,48H,9-37H2,1-8H3;1-2H3. The smallest absolute Gasteiger partial charge is 0.312 e. The zero-order chi connectivity index (χ0) is 39.3. The summed E-state index contributed by atoms with van der Waals surface area (Å²) < 4.78 is 12.0. The number of carbonyl (C=O) groups excluding carboxylic acids is 2. The molecule has 0 bridgehead atoms. The summed E-state index contributed by atoms with van der Waals surface area (Å²) in [5, 5.41) is 11.7. The molecule has 52 heavy (non-hydrogen) atoms. The van der Waals surface area contributed by atoms with Gasteiger partial charge in [-0.3, -0.25) is 9.59 Å². The maximum absolute atomic E-state index is 13.9. The summed E-state index contributed by atoms with van der Waals surface area (Å²) >= 11 is 0. The molecule has 0 saturated carbocycles. The topological polar surface area (TPSA) is 76.1 Å². The summed E-state index contributed by atoms with van der Waals surface area (Å²) in [4.78, 5) is 28.6. The second-order valence-corrected chi connectivity index (χ2v) is 17.2. The van der Waals surface area contributed by atoms with Gasteiger partial charge in [0.15, 0.2) is 0 Å². The summed E-state index contributed by atoms with van der Waals surface area (Å²) in [6, 6.07) is 0. The van der Waals surface area contributed by atoms with E-state index in [-0.39, 0.29) is 18.0 Å². The number of aliphatic hydroxyl groups is 1. The SMILES string of the molecule is CC.CCCCCCCCCC(CCCCCCCCOC(=O)CC(CCCC)CCCCCC)OC(=O)C(C)(C)C(C)(C)C1(O)CCN(C)CC1. The van der Waals surface area contributed by atoms with Gasteiger partial charge >= 0.3 is 11.9 Å². The molecular formula is C46H91NO5. The van der Waals surface area contributed by atoms with Crippen LogP contribution in [-0.4, -0.2) is 60.4 Å². The van der Waals surface area contributed by atoms with Crippen LogP contribution in [0.5, 0.6) is 0 Å². The van der Waals surface area contributed by atoms with Crippen molar-refractivity contribution in [1.29, 1.82) is 0 Å². The van der Waals surface area contributed by atoms with Crippen LogP contribution < -0.4 is 0 Å². The molecule has 0 aliphatic carbocycles. The van der Waals surface area contributed by atoms with Gasteiger partial charge in [0, 0.05) is 24.9 Å². The molecule has 6 heteroatoms. The summed E-state index contributed by atoms with van der Waals surface area (Å²) in [6.07, 6.45) is 28.7. The van der Waals surface area contributed by atoms with Crippen LogP contribution >= 0.6 is 0 Å². The van der Waals surface area contributed by atoms with Gasteiger partial charge in [-0.2, -0.15) is 0 Å². The first-order valence-electron chi connectivity index (χ1n) is 22.6. The number of carbonyl (C=O) groups is 2. The zero-order valence-corrected chi connectivity index (χ0v) is 36.7. The first-order valence-corrected chi connectivity index (χ1v) is 22.6. The first kappa shape index (κ1) is 50.9. The summed E-state index contributed by atoms with van der Waals surface area (Å²) in [7, 11) is 2.10. The van der Waals surface area contributed by atoms with Crippen LogP contribution in [-0.2, 0) is 19.1 Å². The van der Waals surface area contributed by atoms with Gasteiger partial charge in [0.25, 0.3) is 0 Å². The minimum absolute atomic E-state index is 0.00443. The molecule has 6 nitrogen and oxygen atoms in total. The van der Waals surface area contributed by atoms with E-state index in [1.54, 1.807) is 0 Å². The van der Waals surface area contributed by atoms with Crippen LogP contribution in [0.4, 0.5) is 0 Å².